The molecule has 3 aliphatic rings. The predicted octanol–water partition coefficient (Wildman–Crippen LogP) is 5.38. The Morgan fingerprint density at radius 2 is 1.85 bits per heavy atom. The summed E-state index contributed by atoms with van der Waals surface area (Å²) in [4.78, 5) is 29.3. The Bertz CT molecular complexity index is 1140. The zero-order chi connectivity index (χ0) is 24.0. The van der Waals surface area contributed by atoms with Crippen LogP contribution in [0.15, 0.2) is 59.9 Å². The van der Waals surface area contributed by atoms with Gasteiger partial charge in [-0.2, -0.15) is 0 Å². The van der Waals surface area contributed by atoms with Crippen LogP contribution in [0.3, 0.4) is 0 Å². The molecule has 34 heavy (non-hydrogen) atoms. The molecule has 178 valence electrons. The van der Waals surface area contributed by atoms with E-state index in [1.54, 1.807) is 18.1 Å². The highest BCUT2D eigenvalue weighted by Crippen LogP contribution is 2.49. The van der Waals surface area contributed by atoms with Crippen molar-refractivity contribution in [2.24, 2.45) is 17.8 Å². The lowest BCUT2D eigenvalue weighted by molar-refractivity contribution is -0.138. The summed E-state index contributed by atoms with van der Waals surface area (Å²) < 4.78 is 11.6. The molecule has 5 nitrogen and oxygen atoms in total. The van der Waals surface area contributed by atoms with E-state index in [1.165, 1.54) is 0 Å². The second-order valence-corrected chi connectivity index (χ2v) is 10.3. The first kappa shape index (κ1) is 23.0. The SMILES string of the molecule is COc1ccc(CCN2C(=O)C3=C(C(=O)C4CC(C)CC(C)C4O3)C2c2cccc(Cl)c2)cc1. The average Bonchev–Trinajstić information content (AvgIpc) is 3.10. The summed E-state index contributed by atoms with van der Waals surface area (Å²) in [5.74, 6) is 1.39. The van der Waals surface area contributed by atoms with Gasteiger partial charge in [0.05, 0.1) is 24.6 Å². The second-order valence-electron chi connectivity index (χ2n) is 9.90. The number of ketones is 1. The van der Waals surface area contributed by atoms with E-state index in [9.17, 15) is 9.59 Å². The van der Waals surface area contributed by atoms with Gasteiger partial charge in [0, 0.05) is 11.6 Å². The number of hydrogen-bond donors (Lipinski definition) is 0. The van der Waals surface area contributed by atoms with Crippen LogP contribution in [0.5, 0.6) is 5.75 Å². The van der Waals surface area contributed by atoms with Gasteiger partial charge in [0.2, 0.25) is 0 Å². The van der Waals surface area contributed by atoms with Gasteiger partial charge in [0.15, 0.2) is 11.5 Å². The Kier molecular flexibility index (Phi) is 6.15. The fraction of sp³-hybridized carbons (Fsp3) is 0.429. The summed E-state index contributed by atoms with van der Waals surface area (Å²) >= 11 is 6.32. The molecule has 1 saturated carbocycles. The summed E-state index contributed by atoms with van der Waals surface area (Å²) in [6.45, 7) is 4.79. The maximum atomic E-state index is 13.9. The number of methoxy groups -OCH3 is 1. The van der Waals surface area contributed by atoms with Crippen molar-refractivity contribution in [1.82, 2.24) is 4.90 Å². The number of amides is 1. The number of benzene rings is 2. The number of carbonyl (C=O) groups excluding carboxylic acids is 2. The predicted molar refractivity (Wildman–Crippen MR) is 131 cm³/mol. The number of fused-ring (bicyclic) bond motifs is 1. The standard InChI is InChI=1S/C28H30ClNO4/c1-16-13-17(2)26-22(14-16)25(31)23-24(19-5-4-6-20(29)15-19)30(28(32)27(23)34-26)12-11-18-7-9-21(33-3)10-8-18/h4-10,15-17,22,24,26H,11-14H2,1-3H3. The smallest absolute Gasteiger partial charge is 0.290 e. The first-order valence-corrected chi connectivity index (χ1v) is 12.4. The molecule has 0 bridgehead atoms. The maximum Gasteiger partial charge on any atom is 0.290 e. The molecule has 0 spiro atoms. The van der Waals surface area contributed by atoms with Gasteiger partial charge < -0.3 is 14.4 Å². The molecule has 2 aromatic rings. The maximum absolute atomic E-state index is 13.9. The first-order valence-electron chi connectivity index (χ1n) is 12.0. The minimum absolute atomic E-state index is 0.0647. The van der Waals surface area contributed by atoms with Crippen molar-refractivity contribution in [3.63, 3.8) is 0 Å². The van der Waals surface area contributed by atoms with Crippen LogP contribution < -0.4 is 4.74 Å². The summed E-state index contributed by atoms with van der Waals surface area (Å²) in [6.07, 6.45) is 2.23. The first-order chi connectivity index (χ1) is 16.4. The zero-order valence-electron chi connectivity index (χ0n) is 19.8. The topological polar surface area (TPSA) is 55.8 Å². The lowest BCUT2D eigenvalue weighted by Crippen LogP contribution is -2.45. The van der Waals surface area contributed by atoms with Crippen LogP contribution in [-0.2, 0) is 20.7 Å². The van der Waals surface area contributed by atoms with Crippen LogP contribution >= 0.6 is 11.6 Å². The van der Waals surface area contributed by atoms with Gasteiger partial charge in [0.25, 0.3) is 5.91 Å². The summed E-state index contributed by atoms with van der Waals surface area (Å²) in [5.41, 5.74) is 2.43. The van der Waals surface area contributed by atoms with E-state index in [0.29, 0.717) is 29.5 Å². The molecular formula is C28H30ClNO4. The summed E-state index contributed by atoms with van der Waals surface area (Å²) in [5, 5.41) is 0.580. The van der Waals surface area contributed by atoms with Gasteiger partial charge in [-0.3, -0.25) is 9.59 Å². The normalized spacial score (nSPS) is 28.5. The lowest BCUT2D eigenvalue weighted by Gasteiger charge is -2.41. The minimum Gasteiger partial charge on any atom is -0.497 e. The number of hydrogen-bond acceptors (Lipinski definition) is 4. The summed E-state index contributed by atoms with van der Waals surface area (Å²) in [6, 6.07) is 14.8. The Labute approximate surface area is 205 Å². The van der Waals surface area contributed by atoms with Crippen LogP contribution in [0.1, 0.15) is 43.9 Å². The molecule has 6 heteroatoms. The Morgan fingerprint density at radius 1 is 1.09 bits per heavy atom. The van der Waals surface area contributed by atoms with E-state index < -0.39 is 6.04 Å². The number of ether oxygens (including phenoxy) is 2. The van der Waals surface area contributed by atoms with Crippen molar-refractivity contribution in [3.8, 4) is 5.75 Å². The van der Waals surface area contributed by atoms with Crippen LogP contribution in [0, 0.1) is 17.8 Å². The van der Waals surface area contributed by atoms with E-state index in [2.05, 4.69) is 13.8 Å². The van der Waals surface area contributed by atoms with Gasteiger partial charge in [-0.15, -0.1) is 0 Å². The minimum atomic E-state index is -0.486. The molecule has 2 heterocycles. The number of halogens is 1. The highest BCUT2D eigenvalue weighted by Gasteiger charge is 2.53. The quantitative estimate of drug-likeness (QED) is 0.577. The molecule has 5 unspecified atom stereocenters. The molecule has 2 aliphatic heterocycles. The van der Waals surface area contributed by atoms with Crippen molar-refractivity contribution in [2.75, 3.05) is 13.7 Å². The van der Waals surface area contributed by atoms with Gasteiger partial charge in [-0.25, -0.2) is 0 Å². The fourth-order valence-corrected chi connectivity index (χ4v) is 6.12. The highest BCUT2D eigenvalue weighted by atomic mass is 35.5. The van der Waals surface area contributed by atoms with Crippen LogP contribution in [0.2, 0.25) is 5.02 Å². The molecule has 2 aromatic carbocycles. The number of carbonyl (C=O) groups is 2. The Hall–Kier alpha value is -2.79. The van der Waals surface area contributed by atoms with E-state index in [4.69, 9.17) is 21.1 Å². The second kappa shape index (κ2) is 9.10. The highest BCUT2D eigenvalue weighted by molar-refractivity contribution is 6.30. The molecular weight excluding hydrogens is 450 g/mol. The summed E-state index contributed by atoms with van der Waals surface area (Å²) in [7, 11) is 1.64. The van der Waals surface area contributed by atoms with Crippen LogP contribution in [-0.4, -0.2) is 36.3 Å². The lowest BCUT2D eigenvalue weighted by atomic mass is 9.70. The molecule has 0 radical (unpaired) electrons. The number of Topliss-reactive ketones (excluding diaryl/α,β-unsaturated/α-hetero) is 1. The van der Waals surface area contributed by atoms with Crippen LogP contribution in [0.25, 0.3) is 0 Å². The third-order valence-electron chi connectivity index (χ3n) is 7.49. The van der Waals surface area contributed by atoms with Gasteiger partial charge >= 0.3 is 0 Å². The van der Waals surface area contributed by atoms with Crippen LogP contribution in [0.4, 0.5) is 0 Å². The molecule has 1 aliphatic carbocycles. The van der Waals surface area contributed by atoms with Crippen molar-refractivity contribution < 1.29 is 19.1 Å². The number of nitrogens with zero attached hydrogens (tertiary/aromatic N) is 1. The van der Waals surface area contributed by atoms with E-state index in [-0.39, 0.29) is 35.4 Å². The Balaban J connectivity index is 1.50. The molecule has 5 rings (SSSR count). The van der Waals surface area contributed by atoms with E-state index in [1.807, 2.05) is 42.5 Å². The molecule has 5 atom stereocenters. The molecule has 0 N–H and O–H groups in total. The van der Waals surface area contributed by atoms with Crippen molar-refractivity contribution in [3.05, 3.63) is 76.0 Å². The Morgan fingerprint density at radius 3 is 2.56 bits per heavy atom. The van der Waals surface area contributed by atoms with Crippen molar-refractivity contribution in [1.29, 1.82) is 0 Å². The monoisotopic (exact) mass is 479 g/mol. The van der Waals surface area contributed by atoms with E-state index >= 15 is 0 Å². The molecule has 1 fully saturated rings. The van der Waals surface area contributed by atoms with Crippen molar-refractivity contribution >= 4 is 23.3 Å². The van der Waals surface area contributed by atoms with Crippen molar-refractivity contribution in [2.45, 2.75) is 45.3 Å². The van der Waals surface area contributed by atoms with Gasteiger partial charge in [-0.1, -0.05) is 49.7 Å². The van der Waals surface area contributed by atoms with E-state index in [0.717, 1.165) is 29.7 Å². The zero-order valence-corrected chi connectivity index (χ0v) is 20.5. The molecule has 0 saturated heterocycles. The molecule has 1 amide bonds. The third kappa shape index (κ3) is 4.00. The number of rotatable bonds is 5. The largest absolute Gasteiger partial charge is 0.497 e. The fourth-order valence-electron chi connectivity index (χ4n) is 5.92. The average molecular weight is 480 g/mol. The third-order valence-corrected chi connectivity index (χ3v) is 7.73. The molecule has 0 aromatic heterocycles. The van der Waals surface area contributed by atoms with Gasteiger partial charge in [-0.05, 0) is 66.5 Å². The van der Waals surface area contributed by atoms with Gasteiger partial charge in [0.1, 0.15) is 11.9 Å².